The number of nitrogens with zero attached hydrogens (tertiary/aromatic N) is 4. The molecule has 0 saturated carbocycles. The molecule has 1 unspecified atom stereocenters. The minimum Gasteiger partial charge on any atom is -0.352 e. The first-order valence-electron chi connectivity index (χ1n) is 8.26. The molecule has 0 radical (unpaired) electrons. The van der Waals surface area contributed by atoms with Gasteiger partial charge in [-0.15, -0.1) is 0 Å². The van der Waals surface area contributed by atoms with Gasteiger partial charge in [0.1, 0.15) is 0 Å². The summed E-state index contributed by atoms with van der Waals surface area (Å²) in [6.45, 7) is 12.1. The second-order valence-electron chi connectivity index (χ2n) is 6.22. The summed E-state index contributed by atoms with van der Waals surface area (Å²) in [4.78, 5) is 17.1. The van der Waals surface area contributed by atoms with E-state index in [1.165, 1.54) is 0 Å². The van der Waals surface area contributed by atoms with E-state index in [2.05, 4.69) is 34.2 Å². The van der Waals surface area contributed by atoms with Gasteiger partial charge in [0.25, 0.3) is 5.91 Å². The predicted octanol–water partition coefficient (Wildman–Crippen LogP) is 0.967. The molecular weight excluding hydrogens is 278 g/mol. The van der Waals surface area contributed by atoms with Gasteiger partial charge in [0, 0.05) is 51.5 Å². The summed E-state index contributed by atoms with van der Waals surface area (Å²) in [5, 5.41) is 7.34. The number of carbonyl (C=O) groups excluding carboxylic acids is 1. The number of hydrogen-bond acceptors (Lipinski definition) is 4. The van der Waals surface area contributed by atoms with Crippen LogP contribution in [-0.4, -0.2) is 71.3 Å². The number of aromatic nitrogens is 2. The zero-order chi connectivity index (χ0) is 16.1. The monoisotopic (exact) mass is 307 g/mol. The Hall–Kier alpha value is -1.40. The largest absolute Gasteiger partial charge is 0.352 e. The molecule has 1 fully saturated rings. The van der Waals surface area contributed by atoms with Crippen LogP contribution in [0, 0.1) is 6.92 Å². The molecule has 0 aliphatic carbocycles. The predicted molar refractivity (Wildman–Crippen MR) is 88.1 cm³/mol. The molecule has 22 heavy (non-hydrogen) atoms. The van der Waals surface area contributed by atoms with E-state index in [-0.39, 0.29) is 5.91 Å². The van der Waals surface area contributed by atoms with E-state index in [1.54, 1.807) is 4.68 Å². The second kappa shape index (κ2) is 7.74. The van der Waals surface area contributed by atoms with E-state index in [0.29, 0.717) is 18.2 Å². The molecule has 2 rings (SSSR count). The summed E-state index contributed by atoms with van der Waals surface area (Å²) in [6.07, 6.45) is 2.81. The van der Waals surface area contributed by atoms with Crippen molar-refractivity contribution in [2.75, 3.05) is 39.8 Å². The van der Waals surface area contributed by atoms with Gasteiger partial charge in [-0.2, -0.15) is 5.10 Å². The molecule has 1 aliphatic heterocycles. The Kier molecular flexibility index (Phi) is 5.97. The summed E-state index contributed by atoms with van der Waals surface area (Å²) < 4.78 is 1.80. The van der Waals surface area contributed by atoms with Crippen LogP contribution >= 0.6 is 0 Å². The van der Waals surface area contributed by atoms with Gasteiger partial charge in [-0.3, -0.25) is 14.4 Å². The Morgan fingerprint density at radius 1 is 1.36 bits per heavy atom. The van der Waals surface area contributed by atoms with Crippen LogP contribution in [0.15, 0.2) is 6.20 Å². The molecule has 1 atom stereocenters. The SMILES string of the molecule is CCn1cc(C(=O)NCCC(C)N2CCN(C)CC2)c(C)n1. The molecule has 1 aromatic rings. The summed E-state index contributed by atoms with van der Waals surface area (Å²) >= 11 is 0. The molecule has 1 amide bonds. The standard InChI is InChI=1S/C16H29N5O/c1-5-21-12-15(14(3)18-21)16(22)17-7-6-13(2)20-10-8-19(4)9-11-20/h12-13H,5-11H2,1-4H3,(H,17,22). The van der Waals surface area contributed by atoms with Crippen LogP contribution in [0.4, 0.5) is 0 Å². The van der Waals surface area contributed by atoms with Gasteiger partial charge >= 0.3 is 0 Å². The van der Waals surface area contributed by atoms with E-state index in [4.69, 9.17) is 0 Å². The van der Waals surface area contributed by atoms with Gasteiger partial charge in [-0.25, -0.2) is 0 Å². The minimum atomic E-state index is -0.0113. The van der Waals surface area contributed by atoms with E-state index in [0.717, 1.165) is 44.8 Å². The van der Waals surface area contributed by atoms with Gasteiger partial charge in [0.05, 0.1) is 11.3 Å². The van der Waals surface area contributed by atoms with E-state index < -0.39 is 0 Å². The number of piperazine rings is 1. The average Bonchev–Trinajstić information content (AvgIpc) is 2.89. The van der Waals surface area contributed by atoms with Gasteiger partial charge in [-0.05, 0) is 34.2 Å². The molecule has 1 aliphatic rings. The molecule has 0 spiro atoms. The molecule has 124 valence electrons. The highest BCUT2D eigenvalue weighted by molar-refractivity contribution is 5.94. The fraction of sp³-hybridized carbons (Fsp3) is 0.750. The van der Waals surface area contributed by atoms with Crippen molar-refractivity contribution in [1.29, 1.82) is 0 Å². The van der Waals surface area contributed by atoms with E-state index in [9.17, 15) is 4.79 Å². The smallest absolute Gasteiger partial charge is 0.254 e. The van der Waals surface area contributed by atoms with Crippen molar-refractivity contribution in [3.63, 3.8) is 0 Å². The molecular formula is C16H29N5O. The maximum atomic E-state index is 12.2. The van der Waals surface area contributed by atoms with E-state index in [1.807, 2.05) is 20.0 Å². The lowest BCUT2D eigenvalue weighted by Gasteiger charge is -2.36. The number of rotatable bonds is 6. The first-order chi connectivity index (χ1) is 10.5. The van der Waals surface area contributed by atoms with Crippen molar-refractivity contribution >= 4 is 5.91 Å². The van der Waals surface area contributed by atoms with Crippen molar-refractivity contribution in [3.8, 4) is 0 Å². The van der Waals surface area contributed by atoms with Crippen LogP contribution in [0.1, 0.15) is 36.3 Å². The Labute approximate surface area is 133 Å². The van der Waals surface area contributed by atoms with Crippen LogP contribution < -0.4 is 5.32 Å². The first-order valence-corrected chi connectivity index (χ1v) is 8.26. The Morgan fingerprint density at radius 2 is 2.05 bits per heavy atom. The van der Waals surface area contributed by atoms with Crippen molar-refractivity contribution in [2.24, 2.45) is 0 Å². The third-order valence-corrected chi connectivity index (χ3v) is 4.52. The number of hydrogen-bond donors (Lipinski definition) is 1. The summed E-state index contributed by atoms with van der Waals surface area (Å²) in [5.41, 5.74) is 1.49. The summed E-state index contributed by atoms with van der Waals surface area (Å²) in [5.74, 6) is -0.0113. The zero-order valence-corrected chi connectivity index (χ0v) is 14.3. The lowest BCUT2D eigenvalue weighted by atomic mass is 10.1. The zero-order valence-electron chi connectivity index (χ0n) is 14.3. The summed E-state index contributed by atoms with van der Waals surface area (Å²) in [6, 6.07) is 0.508. The number of likely N-dealkylation sites (N-methyl/N-ethyl adjacent to an activating group) is 1. The molecule has 0 aromatic carbocycles. The molecule has 1 N–H and O–H groups in total. The fourth-order valence-corrected chi connectivity index (χ4v) is 2.84. The Balaban J connectivity index is 1.75. The molecule has 6 heteroatoms. The van der Waals surface area contributed by atoms with Crippen molar-refractivity contribution < 1.29 is 4.79 Å². The van der Waals surface area contributed by atoms with Crippen molar-refractivity contribution in [2.45, 2.75) is 39.8 Å². The van der Waals surface area contributed by atoms with Crippen LogP contribution in [0.5, 0.6) is 0 Å². The molecule has 6 nitrogen and oxygen atoms in total. The number of amides is 1. The normalized spacial score (nSPS) is 18.4. The number of aryl methyl sites for hydroxylation is 2. The maximum Gasteiger partial charge on any atom is 0.254 e. The lowest BCUT2D eigenvalue weighted by molar-refractivity contribution is 0.0934. The minimum absolute atomic E-state index is 0.0113. The topological polar surface area (TPSA) is 53.4 Å². The average molecular weight is 307 g/mol. The van der Waals surface area contributed by atoms with Crippen molar-refractivity contribution in [1.82, 2.24) is 24.9 Å². The third-order valence-electron chi connectivity index (χ3n) is 4.52. The number of carbonyl (C=O) groups is 1. The van der Waals surface area contributed by atoms with Gasteiger partial charge in [0.2, 0.25) is 0 Å². The highest BCUT2D eigenvalue weighted by Gasteiger charge is 2.19. The van der Waals surface area contributed by atoms with Gasteiger partial charge in [0.15, 0.2) is 0 Å². The van der Waals surface area contributed by atoms with Crippen LogP contribution in [0.2, 0.25) is 0 Å². The quantitative estimate of drug-likeness (QED) is 0.851. The third kappa shape index (κ3) is 4.30. The summed E-state index contributed by atoms with van der Waals surface area (Å²) in [7, 11) is 2.17. The lowest BCUT2D eigenvalue weighted by Crippen LogP contribution is -2.48. The van der Waals surface area contributed by atoms with Crippen LogP contribution in [0.25, 0.3) is 0 Å². The maximum absolute atomic E-state index is 12.2. The van der Waals surface area contributed by atoms with Crippen molar-refractivity contribution in [3.05, 3.63) is 17.5 Å². The molecule has 0 bridgehead atoms. The van der Waals surface area contributed by atoms with E-state index >= 15 is 0 Å². The molecule has 2 heterocycles. The fourth-order valence-electron chi connectivity index (χ4n) is 2.84. The highest BCUT2D eigenvalue weighted by Crippen LogP contribution is 2.08. The first kappa shape index (κ1) is 17.0. The van der Waals surface area contributed by atoms with Gasteiger partial charge in [-0.1, -0.05) is 0 Å². The highest BCUT2D eigenvalue weighted by atomic mass is 16.1. The Bertz CT molecular complexity index is 491. The van der Waals surface area contributed by atoms with Crippen LogP contribution in [-0.2, 0) is 6.54 Å². The molecule has 1 saturated heterocycles. The van der Waals surface area contributed by atoms with Gasteiger partial charge < -0.3 is 10.2 Å². The molecule has 1 aromatic heterocycles. The number of nitrogens with one attached hydrogen (secondary N) is 1. The Morgan fingerprint density at radius 3 is 2.64 bits per heavy atom. The van der Waals surface area contributed by atoms with Crippen LogP contribution in [0.3, 0.4) is 0 Å². The second-order valence-corrected chi connectivity index (χ2v) is 6.22.